The van der Waals surface area contributed by atoms with Crippen LogP contribution in [-0.2, 0) is 43.3 Å². The molecule has 0 spiro atoms. The van der Waals surface area contributed by atoms with Crippen molar-refractivity contribution in [2.75, 3.05) is 6.61 Å². The number of carbonyl (C=O) groups is 4. The second-order valence-electron chi connectivity index (χ2n) is 13.9. The average Bonchev–Trinajstić information content (AvgIpc) is 3.16. The van der Waals surface area contributed by atoms with Crippen molar-refractivity contribution < 1.29 is 33.8 Å². The number of nitrogens with one attached hydrogen (secondary N) is 3. The molecule has 4 aromatic rings. The first kappa shape index (κ1) is 40.5. The van der Waals surface area contributed by atoms with Crippen LogP contribution in [0.1, 0.15) is 63.8 Å². The summed E-state index contributed by atoms with van der Waals surface area (Å²) in [5.41, 5.74) is 2.15. The second-order valence-corrected chi connectivity index (χ2v) is 13.9. The maximum Gasteiger partial charge on any atom is 0.408 e. The zero-order valence-corrected chi connectivity index (χ0v) is 31.0. The Morgan fingerprint density at radius 3 is 2.15 bits per heavy atom. The summed E-state index contributed by atoms with van der Waals surface area (Å²) < 4.78 is 10.8. The highest BCUT2D eigenvalue weighted by atomic mass is 16.5. The van der Waals surface area contributed by atoms with Gasteiger partial charge in [0.2, 0.25) is 11.8 Å². The fourth-order valence-electron chi connectivity index (χ4n) is 5.84. The molecule has 3 aromatic carbocycles. The first-order valence-corrected chi connectivity index (χ1v) is 18.3. The number of aromatic nitrogens is 1. The molecule has 4 rings (SSSR count). The Labute approximate surface area is 311 Å². The molecule has 5 atom stereocenters. The summed E-state index contributed by atoms with van der Waals surface area (Å²) in [5, 5.41) is 21.5. The molecule has 3 amide bonds. The number of aliphatic hydroxyl groups excluding tert-OH is 1. The van der Waals surface area contributed by atoms with Gasteiger partial charge in [0, 0.05) is 24.7 Å². The molecular weight excluding hydrogens is 672 g/mol. The molecule has 1 heterocycles. The van der Waals surface area contributed by atoms with Crippen molar-refractivity contribution in [2.24, 2.45) is 11.8 Å². The number of fused-ring (bicyclic) bond motifs is 1. The van der Waals surface area contributed by atoms with Crippen molar-refractivity contribution >= 4 is 34.6 Å². The summed E-state index contributed by atoms with van der Waals surface area (Å²) in [6.45, 7) is 8.11. The van der Waals surface area contributed by atoms with Gasteiger partial charge in [-0.25, -0.2) is 4.79 Å². The van der Waals surface area contributed by atoms with Crippen LogP contribution in [-0.4, -0.2) is 64.8 Å². The van der Waals surface area contributed by atoms with Gasteiger partial charge in [-0.2, -0.15) is 0 Å². The van der Waals surface area contributed by atoms with Crippen molar-refractivity contribution in [3.8, 4) is 0 Å². The van der Waals surface area contributed by atoms with Gasteiger partial charge in [0.15, 0.2) is 0 Å². The number of esters is 1. The number of alkyl carbamates (subject to hydrolysis) is 1. The monoisotopic (exact) mass is 724 g/mol. The van der Waals surface area contributed by atoms with E-state index in [4.69, 9.17) is 9.47 Å². The van der Waals surface area contributed by atoms with Crippen LogP contribution in [0.15, 0.2) is 97.2 Å². The van der Waals surface area contributed by atoms with E-state index < -0.39 is 48.1 Å². The SMILES string of the molecule is CCC(C)COC(=O)CC(O)C(CC(C)C)NC(=O)[C@H](Cc1ccccn1)NC(=O)[C@H](Cc1cccc2ccccc12)NC(=O)OCc1ccccc1. The highest BCUT2D eigenvalue weighted by Crippen LogP contribution is 2.20. The van der Waals surface area contributed by atoms with E-state index >= 15 is 0 Å². The molecule has 11 nitrogen and oxygen atoms in total. The lowest BCUT2D eigenvalue weighted by Crippen LogP contribution is -2.57. The predicted octanol–water partition coefficient (Wildman–Crippen LogP) is 5.67. The fraction of sp³-hybridized carbons (Fsp3) is 0.405. The number of nitrogens with zero attached hydrogens (tertiary/aromatic N) is 1. The normalized spacial score (nSPS) is 14.0. The molecule has 0 aliphatic heterocycles. The Kier molecular flexibility index (Phi) is 15.8. The molecule has 0 fully saturated rings. The average molecular weight is 725 g/mol. The zero-order valence-electron chi connectivity index (χ0n) is 31.0. The van der Waals surface area contributed by atoms with Crippen molar-refractivity contribution in [1.82, 2.24) is 20.9 Å². The number of amides is 3. The van der Waals surface area contributed by atoms with E-state index in [1.165, 1.54) is 0 Å². The Morgan fingerprint density at radius 2 is 1.43 bits per heavy atom. The first-order valence-electron chi connectivity index (χ1n) is 18.3. The summed E-state index contributed by atoms with van der Waals surface area (Å²) in [6, 6.07) is 24.9. The Hall–Kier alpha value is -5.29. The molecular formula is C42H52N4O7. The lowest BCUT2D eigenvalue weighted by Gasteiger charge is -2.29. The molecule has 0 aliphatic carbocycles. The van der Waals surface area contributed by atoms with Crippen molar-refractivity contribution in [3.05, 3.63) is 114 Å². The topological polar surface area (TPSA) is 156 Å². The first-order chi connectivity index (χ1) is 25.5. The molecule has 11 heteroatoms. The number of ether oxygens (including phenoxy) is 2. The van der Waals surface area contributed by atoms with E-state index in [9.17, 15) is 24.3 Å². The predicted molar refractivity (Wildman–Crippen MR) is 203 cm³/mol. The lowest BCUT2D eigenvalue weighted by atomic mass is 9.96. The zero-order chi connectivity index (χ0) is 38.2. The van der Waals surface area contributed by atoms with Gasteiger partial charge in [-0.1, -0.05) is 113 Å². The van der Waals surface area contributed by atoms with Crippen molar-refractivity contribution in [1.29, 1.82) is 0 Å². The molecule has 0 saturated carbocycles. The van der Waals surface area contributed by atoms with Gasteiger partial charge in [-0.05, 0) is 52.3 Å². The van der Waals surface area contributed by atoms with Crippen LogP contribution < -0.4 is 16.0 Å². The summed E-state index contributed by atoms with van der Waals surface area (Å²) >= 11 is 0. The van der Waals surface area contributed by atoms with Gasteiger partial charge in [0.05, 0.1) is 25.2 Å². The van der Waals surface area contributed by atoms with Crippen molar-refractivity contribution in [3.63, 3.8) is 0 Å². The number of hydrogen-bond acceptors (Lipinski definition) is 8. The number of rotatable bonds is 19. The van der Waals surface area contributed by atoms with Crippen molar-refractivity contribution in [2.45, 2.75) is 90.6 Å². The molecule has 0 aliphatic rings. The molecule has 0 radical (unpaired) electrons. The molecule has 1 aromatic heterocycles. The minimum atomic E-state index is -1.22. The van der Waals surface area contributed by atoms with E-state index in [0.29, 0.717) is 12.1 Å². The van der Waals surface area contributed by atoms with Crippen LogP contribution in [0.4, 0.5) is 4.79 Å². The Balaban J connectivity index is 1.56. The molecule has 0 saturated heterocycles. The summed E-state index contributed by atoms with van der Waals surface area (Å²) in [6.07, 6.45) is 0.631. The van der Waals surface area contributed by atoms with Crippen LogP contribution >= 0.6 is 0 Å². The lowest BCUT2D eigenvalue weighted by molar-refractivity contribution is -0.148. The number of hydrogen-bond donors (Lipinski definition) is 4. The number of carbonyl (C=O) groups excluding carboxylic acids is 4. The third kappa shape index (κ3) is 13.3. The Bertz CT molecular complexity index is 1760. The third-order valence-electron chi connectivity index (χ3n) is 9.02. The van der Waals surface area contributed by atoms with E-state index in [0.717, 1.165) is 28.3 Å². The van der Waals surface area contributed by atoms with Gasteiger partial charge in [-0.3, -0.25) is 19.4 Å². The number of aliphatic hydroxyl groups is 1. The van der Waals surface area contributed by atoms with Crippen LogP contribution in [0.2, 0.25) is 0 Å². The van der Waals surface area contributed by atoms with E-state index in [2.05, 4.69) is 20.9 Å². The standard InChI is InChI=1S/C42H52N4O7/c1-5-29(4)26-52-39(48)25-38(47)35(22-28(2)3)44-41(50)37(24-33-19-11-12-21-43-33)45-40(49)36(46-42(51)53-27-30-14-7-6-8-15-30)23-32-18-13-17-31-16-9-10-20-34(31)32/h6-21,28-29,35-38,47H,5,22-27H2,1-4H3,(H,44,50)(H,45,49)(H,46,51)/t29?,35?,36-,37-,38?/m0/s1. The molecule has 282 valence electrons. The third-order valence-corrected chi connectivity index (χ3v) is 9.02. The smallest absolute Gasteiger partial charge is 0.408 e. The van der Waals surface area contributed by atoms with Gasteiger partial charge < -0.3 is 30.5 Å². The largest absolute Gasteiger partial charge is 0.465 e. The highest BCUT2D eigenvalue weighted by Gasteiger charge is 2.32. The molecule has 53 heavy (non-hydrogen) atoms. The number of benzene rings is 3. The molecule has 3 unspecified atom stereocenters. The summed E-state index contributed by atoms with van der Waals surface area (Å²) in [7, 11) is 0. The minimum absolute atomic E-state index is 0.00469. The maximum atomic E-state index is 14.2. The van der Waals surface area contributed by atoms with Crippen LogP contribution in [0.5, 0.6) is 0 Å². The summed E-state index contributed by atoms with van der Waals surface area (Å²) in [4.78, 5) is 58.4. The van der Waals surface area contributed by atoms with Crippen LogP contribution in [0.25, 0.3) is 10.8 Å². The van der Waals surface area contributed by atoms with Gasteiger partial charge in [0.25, 0.3) is 0 Å². The van der Waals surface area contributed by atoms with Gasteiger partial charge in [0.1, 0.15) is 18.7 Å². The van der Waals surface area contributed by atoms with E-state index in [-0.39, 0.29) is 44.3 Å². The molecule has 4 N–H and O–H groups in total. The maximum absolute atomic E-state index is 14.2. The van der Waals surface area contributed by atoms with Gasteiger partial charge in [-0.15, -0.1) is 0 Å². The quantitative estimate of drug-likeness (QED) is 0.0902. The molecule has 0 bridgehead atoms. The van der Waals surface area contributed by atoms with E-state index in [1.807, 2.05) is 100 Å². The minimum Gasteiger partial charge on any atom is -0.465 e. The van der Waals surface area contributed by atoms with Gasteiger partial charge >= 0.3 is 12.1 Å². The number of pyridine rings is 1. The second kappa shape index (κ2) is 20.7. The Morgan fingerprint density at radius 1 is 0.755 bits per heavy atom. The fourth-order valence-corrected chi connectivity index (χ4v) is 5.84. The van der Waals surface area contributed by atoms with Crippen LogP contribution in [0, 0.1) is 11.8 Å². The van der Waals surface area contributed by atoms with E-state index in [1.54, 1.807) is 24.4 Å². The summed E-state index contributed by atoms with van der Waals surface area (Å²) in [5.74, 6) is -1.49. The van der Waals surface area contributed by atoms with Crippen LogP contribution in [0.3, 0.4) is 0 Å². The highest BCUT2D eigenvalue weighted by molar-refractivity contribution is 5.93.